The molecular weight excluding hydrogens is 234 g/mol. The lowest BCUT2D eigenvalue weighted by Gasteiger charge is -2.10. The fraction of sp³-hybridized carbons (Fsp3) is 0.273. The summed E-state index contributed by atoms with van der Waals surface area (Å²) >= 11 is 1.59. The van der Waals surface area contributed by atoms with Crippen LogP contribution < -0.4 is 5.32 Å². The number of nitrogens with zero attached hydrogens (tertiary/aromatic N) is 4. The van der Waals surface area contributed by atoms with Gasteiger partial charge in [-0.2, -0.15) is 5.26 Å². The molecule has 0 aliphatic heterocycles. The first kappa shape index (κ1) is 11.5. The highest BCUT2D eigenvalue weighted by atomic mass is 32.1. The summed E-state index contributed by atoms with van der Waals surface area (Å²) < 4.78 is 0. The van der Waals surface area contributed by atoms with Crippen molar-refractivity contribution in [1.82, 2.24) is 15.0 Å². The molecule has 86 valence electrons. The molecule has 2 rings (SSSR count). The zero-order valence-electron chi connectivity index (χ0n) is 9.51. The van der Waals surface area contributed by atoms with Crippen LogP contribution in [0.3, 0.4) is 0 Å². The SMILES string of the molecule is Cc1csc(C(C)Nc2nccc(C#N)n2)n1. The number of thiazole rings is 1. The summed E-state index contributed by atoms with van der Waals surface area (Å²) in [5.41, 5.74) is 1.36. The van der Waals surface area contributed by atoms with Crippen LogP contribution in [0.25, 0.3) is 0 Å². The normalized spacial score (nSPS) is 11.8. The molecule has 0 radical (unpaired) electrons. The van der Waals surface area contributed by atoms with Crippen molar-refractivity contribution in [3.63, 3.8) is 0 Å². The zero-order chi connectivity index (χ0) is 12.3. The predicted molar refractivity (Wildman–Crippen MR) is 65.6 cm³/mol. The first-order chi connectivity index (χ1) is 8.19. The summed E-state index contributed by atoms with van der Waals surface area (Å²) in [6, 6.07) is 3.58. The third-order valence-electron chi connectivity index (χ3n) is 2.12. The van der Waals surface area contributed by atoms with Gasteiger partial charge in [-0.1, -0.05) is 0 Å². The quantitative estimate of drug-likeness (QED) is 0.898. The Balaban J connectivity index is 2.13. The van der Waals surface area contributed by atoms with Crippen LogP contribution in [0.4, 0.5) is 5.95 Å². The fourth-order valence-electron chi connectivity index (χ4n) is 1.32. The summed E-state index contributed by atoms with van der Waals surface area (Å²) in [5.74, 6) is 0.449. The Hall–Kier alpha value is -2.00. The molecule has 5 nitrogen and oxygen atoms in total. The number of rotatable bonds is 3. The van der Waals surface area contributed by atoms with Crippen molar-refractivity contribution in [2.45, 2.75) is 19.9 Å². The first-order valence-corrected chi connectivity index (χ1v) is 5.98. The summed E-state index contributed by atoms with van der Waals surface area (Å²) in [6.07, 6.45) is 1.56. The maximum Gasteiger partial charge on any atom is 0.224 e. The van der Waals surface area contributed by atoms with E-state index in [1.165, 1.54) is 0 Å². The summed E-state index contributed by atoms with van der Waals surface area (Å²) in [6.45, 7) is 3.94. The van der Waals surface area contributed by atoms with Gasteiger partial charge in [0.05, 0.1) is 6.04 Å². The minimum atomic E-state index is 0.0302. The van der Waals surface area contributed by atoms with Crippen LogP contribution in [-0.4, -0.2) is 15.0 Å². The molecule has 1 unspecified atom stereocenters. The van der Waals surface area contributed by atoms with E-state index in [4.69, 9.17) is 5.26 Å². The Morgan fingerprint density at radius 3 is 2.94 bits per heavy atom. The Labute approximate surface area is 103 Å². The van der Waals surface area contributed by atoms with Crippen LogP contribution >= 0.6 is 11.3 Å². The van der Waals surface area contributed by atoms with Gasteiger partial charge in [0.2, 0.25) is 5.95 Å². The largest absolute Gasteiger partial charge is 0.345 e. The third-order valence-corrected chi connectivity index (χ3v) is 3.27. The topological polar surface area (TPSA) is 74.5 Å². The molecule has 0 amide bonds. The van der Waals surface area contributed by atoms with E-state index >= 15 is 0 Å². The van der Waals surface area contributed by atoms with Crippen LogP contribution in [0.2, 0.25) is 0 Å². The summed E-state index contributed by atoms with van der Waals surface area (Å²) in [7, 11) is 0. The van der Waals surface area contributed by atoms with E-state index in [1.54, 1.807) is 23.6 Å². The molecule has 0 spiro atoms. The van der Waals surface area contributed by atoms with Crippen molar-refractivity contribution in [1.29, 1.82) is 5.26 Å². The van der Waals surface area contributed by atoms with E-state index in [-0.39, 0.29) is 6.04 Å². The molecule has 0 fully saturated rings. The average molecular weight is 245 g/mol. The minimum absolute atomic E-state index is 0.0302. The Morgan fingerprint density at radius 2 is 2.29 bits per heavy atom. The smallest absolute Gasteiger partial charge is 0.224 e. The molecule has 0 saturated carbocycles. The van der Waals surface area contributed by atoms with Crippen LogP contribution in [0, 0.1) is 18.3 Å². The third kappa shape index (κ3) is 2.77. The highest BCUT2D eigenvalue weighted by Crippen LogP contribution is 2.20. The molecule has 2 aromatic heterocycles. The van der Waals surface area contributed by atoms with E-state index in [0.29, 0.717) is 11.6 Å². The second kappa shape index (κ2) is 4.89. The van der Waals surface area contributed by atoms with Crippen LogP contribution in [0.5, 0.6) is 0 Å². The Kier molecular flexibility index (Phi) is 3.30. The van der Waals surface area contributed by atoms with Crippen molar-refractivity contribution < 1.29 is 0 Å². The van der Waals surface area contributed by atoms with Gasteiger partial charge < -0.3 is 5.32 Å². The molecule has 0 saturated heterocycles. The molecule has 0 aromatic carbocycles. The lowest BCUT2D eigenvalue weighted by atomic mass is 10.3. The van der Waals surface area contributed by atoms with E-state index in [9.17, 15) is 0 Å². The molecule has 1 atom stereocenters. The molecule has 0 bridgehead atoms. The minimum Gasteiger partial charge on any atom is -0.345 e. The van der Waals surface area contributed by atoms with Crippen LogP contribution in [-0.2, 0) is 0 Å². The van der Waals surface area contributed by atoms with E-state index < -0.39 is 0 Å². The zero-order valence-corrected chi connectivity index (χ0v) is 10.3. The number of anilines is 1. The molecule has 6 heteroatoms. The standard InChI is InChI=1S/C11H11N5S/c1-7-6-17-10(14-7)8(2)15-11-13-4-3-9(5-12)16-11/h3-4,6,8H,1-2H3,(H,13,15,16). The fourth-order valence-corrected chi connectivity index (χ4v) is 2.12. The Morgan fingerprint density at radius 1 is 1.47 bits per heavy atom. The molecule has 1 N–H and O–H groups in total. The molecule has 0 aliphatic rings. The van der Waals surface area contributed by atoms with Crippen LogP contribution in [0.15, 0.2) is 17.6 Å². The number of aromatic nitrogens is 3. The second-order valence-corrected chi connectivity index (χ2v) is 4.46. The number of hydrogen-bond acceptors (Lipinski definition) is 6. The van der Waals surface area contributed by atoms with Gasteiger partial charge in [0.15, 0.2) is 0 Å². The van der Waals surface area contributed by atoms with Gasteiger partial charge in [0, 0.05) is 17.3 Å². The highest BCUT2D eigenvalue weighted by Gasteiger charge is 2.10. The first-order valence-electron chi connectivity index (χ1n) is 5.11. The van der Waals surface area contributed by atoms with Crippen molar-refractivity contribution in [2.75, 3.05) is 5.32 Å². The molecule has 2 heterocycles. The maximum absolute atomic E-state index is 8.74. The van der Waals surface area contributed by atoms with E-state index in [0.717, 1.165) is 10.7 Å². The highest BCUT2D eigenvalue weighted by molar-refractivity contribution is 7.09. The van der Waals surface area contributed by atoms with Gasteiger partial charge in [0.25, 0.3) is 0 Å². The number of nitriles is 1. The van der Waals surface area contributed by atoms with E-state index in [2.05, 4.69) is 20.3 Å². The Bertz CT molecular complexity index is 557. The molecule has 0 aliphatic carbocycles. The second-order valence-electron chi connectivity index (χ2n) is 3.57. The van der Waals surface area contributed by atoms with Gasteiger partial charge in [-0.05, 0) is 19.9 Å². The van der Waals surface area contributed by atoms with Crippen LogP contribution in [0.1, 0.15) is 29.4 Å². The average Bonchev–Trinajstić information content (AvgIpc) is 2.76. The summed E-state index contributed by atoms with van der Waals surface area (Å²) in [5, 5.41) is 14.8. The maximum atomic E-state index is 8.74. The van der Waals surface area contributed by atoms with Gasteiger partial charge in [0.1, 0.15) is 16.8 Å². The lowest BCUT2D eigenvalue weighted by Crippen LogP contribution is -2.09. The number of aryl methyl sites for hydroxylation is 1. The molecule has 2 aromatic rings. The van der Waals surface area contributed by atoms with Crippen molar-refractivity contribution in [3.05, 3.63) is 34.0 Å². The predicted octanol–water partition coefficient (Wildman–Crippen LogP) is 2.29. The van der Waals surface area contributed by atoms with Gasteiger partial charge in [-0.3, -0.25) is 0 Å². The van der Waals surface area contributed by atoms with Crippen molar-refractivity contribution in [2.24, 2.45) is 0 Å². The molecular formula is C11H11N5S. The van der Waals surface area contributed by atoms with E-state index in [1.807, 2.05) is 25.3 Å². The number of hydrogen-bond donors (Lipinski definition) is 1. The van der Waals surface area contributed by atoms with Gasteiger partial charge >= 0.3 is 0 Å². The van der Waals surface area contributed by atoms with Crippen molar-refractivity contribution >= 4 is 17.3 Å². The lowest BCUT2D eigenvalue weighted by molar-refractivity contribution is 0.842. The number of nitrogens with one attached hydrogen (secondary N) is 1. The summed E-state index contributed by atoms with van der Waals surface area (Å²) in [4.78, 5) is 12.5. The molecule has 17 heavy (non-hydrogen) atoms. The van der Waals surface area contributed by atoms with Gasteiger partial charge in [-0.15, -0.1) is 11.3 Å². The van der Waals surface area contributed by atoms with Gasteiger partial charge in [-0.25, -0.2) is 15.0 Å². The monoisotopic (exact) mass is 245 g/mol. The van der Waals surface area contributed by atoms with Crippen molar-refractivity contribution in [3.8, 4) is 6.07 Å².